The molecule has 1 saturated heterocycles. The highest BCUT2D eigenvalue weighted by Gasteiger charge is 2.26. The third kappa shape index (κ3) is 5.17. The molecule has 0 spiro atoms. The fraction of sp³-hybridized carbons (Fsp3) is 0.417. The average molecular weight is 425 g/mol. The molecule has 0 N–H and O–H groups in total. The van der Waals surface area contributed by atoms with Crippen LogP contribution in [0.3, 0.4) is 0 Å². The molecule has 0 aromatic heterocycles. The molecule has 30 heavy (non-hydrogen) atoms. The van der Waals surface area contributed by atoms with Gasteiger partial charge in [-0.15, -0.1) is 11.8 Å². The van der Waals surface area contributed by atoms with Gasteiger partial charge in [-0.25, -0.2) is 0 Å². The number of likely N-dealkylation sites (tertiary alicyclic amines) is 1. The minimum atomic E-state index is 0.0437. The maximum absolute atomic E-state index is 12.7. The molecule has 6 heteroatoms. The van der Waals surface area contributed by atoms with E-state index < -0.39 is 0 Å². The van der Waals surface area contributed by atoms with Gasteiger partial charge in [-0.3, -0.25) is 9.59 Å². The number of ether oxygens (including phenoxy) is 1. The zero-order valence-electron chi connectivity index (χ0n) is 17.2. The van der Waals surface area contributed by atoms with E-state index in [-0.39, 0.29) is 24.7 Å². The maximum atomic E-state index is 12.7. The van der Waals surface area contributed by atoms with Crippen LogP contribution in [-0.4, -0.2) is 48.7 Å². The molecule has 158 valence electrons. The predicted molar refractivity (Wildman–Crippen MR) is 120 cm³/mol. The summed E-state index contributed by atoms with van der Waals surface area (Å²) in [5.74, 6) is 2.40. The lowest BCUT2D eigenvalue weighted by atomic mass is 9.97. The first kappa shape index (κ1) is 20.8. The Labute approximate surface area is 182 Å². The largest absolute Gasteiger partial charge is 0.493 e. The molecule has 1 fully saturated rings. The second kappa shape index (κ2) is 10.0. The fourth-order valence-corrected chi connectivity index (χ4v) is 5.01. The monoisotopic (exact) mass is 424 g/mol. The van der Waals surface area contributed by atoms with Crippen LogP contribution in [0.2, 0.25) is 0 Å². The van der Waals surface area contributed by atoms with Crippen LogP contribution in [0.4, 0.5) is 5.69 Å². The number of hydrogen-bond acceptors (Lipinski definition) is 4. The second-order valence-corrected chi connectivity index (χ2v) is 8.95. The number of amides is 2. The number of piperidine rings is 1. The molecule has 0 bridgehead atoms. The van der Waals surface area contributed by atoms with Gasteiger partial charge >= 0.3 is 0 Å². The third-order valence-corrected chi connectivity index (χ3v) is 6.82. The Bertz CT molecular complexity index is 866. The van der Waals surface area contributed by atoms with E-state index in [9.17, 15) is 9.59 Å². The third-order valence-electron chi connectivity index (χ3n) is 5.78. The molecule has 4 rings (SSSR count). The highest BCUT2D eigenvalue weighted by Crippen LogP contribution is 2.34. The molecule has 5 nitrogen and oxygen atoms in total. The van der Waals surface area contributed by atoms with Gasteiger partial charge in [0.25, 0.3) is 0 Å². The van der Waals surface area contributed by atoms with Crippen molar-refractivity contribution in [2.24, 2.45) is 5.92 Å². The van der Waals surface area contributed by atoms with Gasteiger partial charge in [-0.05, 0) is 43.0 Å². The SMILES string of the molecule is O=C(CCC(=O)N1CCSc2ccccc21)N1CCC(COc2ccccc2)CC1. The van der Waals surface area contributed by atoms with Gasteiger partial charge in [-0.1, -0.05) is 30.3 Å². The van der Waals surface area contributed by atoms with Crippen LogP contribution in [0.1, 0.15) is 25.7 Å². The van der Waals surface area contributed by atoms with E-state index >= 15 is 0 Å². The summed E-state index contributed by atoms with van der Waals surface area (Å²) in [7, 11) is 0. The Morgan fingerprint density at radius 3 is 2.40 bits per heavy atom. The van der Waals surface area contributed by atoms with Crippen molar-refractivity contribution in [1.82, 2.24) is 4.90 Å². The zero-order valence-corrected chi connectivity index (χ0v) is 18.0. The van der Waals surface area contributed by atoms with E-state index in [4.69, 9.17) is 4.74 Å². The lowest BCUT2D eigenvalue weighted by Crippen LogP contribution is -2.41. The summed E-state index contributed by atoms with van der Waals surface area (Å²) in [6, 6.07) is 17.9. The minimum absolute atomic E-state index is 0.0437. The molecule has 2 aromatic carbocycles. The summed E-state index contributed by atoms with van der Waals surface area (Å²) in [6.45, 7) is 2.90. The number of rotatable bonds is 6. The quantitative estimate of drug-likeness (QED) is 0.697. The van der Waals surface area contributed by atoms with Crippen LogP contribution < -0.4 is 9.64 Å². The van der Waals surface area contributed by atoms with Gasteiger partial charge in [-0.2, -0.15) is 0 Å². The first-order valence-corrected chi connectivity index (χ1v) is 11.7. The van der Waals surface area contributed by atoms with Gasteiger partial charge in [0.05, 0.1) is 12.3 Å². The van der Waals surface area contributed by atoms with Crippen LogP contribution in [-0.2, 0) is 9.59 Å². The average Bonchev–Trinajstić information content (AvgIpc) is 2.81. The van der Waals surface area contributed by atoms with Crippen LogP contribution in [0.5, 0.6) is 5.75 Å². The smallest absolute Gasteiger partial charge is 0.227 e. The number of thioether (sulfide) groups is 1. The van der Waals surface area contributed by atoms with Gasteiger partial charge in [0, 0.05) is 43.1 Å². The molecular weight excluding hydrogens is 396 g/mol. The number of para-hydroxylation sites is 2. The van der Waals surface area contributed by atoms with Crippen LogP contribution >= 0.6 is 11.8 Å². The second-order valence-electron chi connectivity index (χ2n) is 7.81. The Balaban J connectivity index is 1.20. The molecule has 0 unspecified atom stereocenters. The number of benzene rings is 2. The van der Waals surface area contributed by atoms with Crippen molar-refractivity contribution in [1.29, 1.82) is 0 Å². The van der Waals surface area contributed by atoms with Crippen LogP contribution in [0.15, 0.2) is 59.5 Å². The van der Waals surface area contributed by atoms with E-state index in [0.717, 1.165) is 48.0 Å². The number of hydrogen-bond donors (Lipinski definition) is 0. The summed E-state index contributed by atoms with van der Waals surface area (Å²) < 4.78 is 5.86. The predicted octanol–water partition coefficient (Wildman–Crippen LogP) is 4.22. The van der Waals surface area contributed by atoms with Crippen LogP contribution in [0, 0.1) is 5.92 Å². The van der Waals surface area contributed by atoms with E-state index in [1.54, 1.807) is 11.8 Å². The Hall–Kier alpha value is -2.47. The molecule has 2 aliphatic rings. The first-order chi connectivity index (χ1) is 14.7. The van der Waals surface area contributed by atoms with Crippen molar-refractivity contribution in [3.05, 3.63) is 54.6 Å². The normalized spacial score (nSPS) is 16.8. The Morgan fingerprint density at radius 1 is 0.900 bits per heavy atom. The minimum Gasteiger partial charge on any atom is -0.493 e. The summed E-state index contributed by atoms with van der Waals surface area (Å²) >= 11 is 1.78. The topological polar surface area (TPSA) is 49.9 Å². The Morgan fingerprint density at radius 2 is 1.60 bits per heavy atom. The van der Waals surface area contributed by atoms with Crippen molar-refractivity contribution >= 4 is 29.3 Å². The molecule has 0 atom stereocenters. The standard InChI is InChI=1S/C24H28N2O3S/c27-23(10-11-24(28)26-16-17-30-22-9-5-4-8-21(22)26)25-14-12-19(13-15-25)18-29-20-6-2-1-3-7-20/h1-9,19H,10-18H2. The van der Waals surface area contributed by atoms with E-state index in [1.165, 1.54) is 0 Å². The maximum Gasteiger partial charge on any atom is 0.227 e. The lowest BCUT2D eigenvalue weighted by molar-refractivity contribution is -0.134. The summed E-state index contributed by atoms with van der Waals surface area (Å²) in [5.41, 5.74) is 0.977. The van der Waals surface area contributed by atoms with E-state index in [0.29, 0.717) is 19.1 Å². The van der Waals surface area contributed by atoms with E-state index in [2.05, 4.69) is 6.07 Å². The molecular formula is C24H28N2O3S. The zero-order chi connectivity index (χ0) is 20.8. The van der Waals surface area contributed by atoms with Crippen molar-refractivity contribution in [3.63, 3.8) is 0 Å². The van der Waals surface area contributed by atoms with Crippen LogP contribution in [0.25, 0.3) is 0 Å². The number of fused-ring (bicyclic) bond motifs is 1. The van der Waals surface area contributed by atoms with Crippen molar-refractivity contribution in [3.8, 4) is 5.75 Å². The first-order valence-electron chi connectivity index (χ1n) is 10.7. The number of nitrogens with zero attached hydrogens (tertiary/aromatic N) is 2. The van der Waals surface area contributed by atoms with Crippen molar-refractivity contribution < 1.29 is 14.3 Å². The van der Waals surface area contributed by atoms with Gasteiger partial charge in [0.2, 0.25) is 11.8 Å². The summed E-state index contributed by atoms with van der Waals surface area (Å²) in [6.07, 6.45) is 2.46. The summed E-state index contributed by atoms with van der Waals surface area (Å²) in [4.78, 5) is 30.3. The lowest BCUT2D eigenvalue weighted by Gasteiger charge is -2.32. The summed E-state index contributed by atoms with van der Waals surface area (Å²) in [5, 5.41) is 0. The molecule has 0 saturated carbocycles. The molecule has 2 amide bonds. The number of anilines is 1. The Kier molecular flexibility index (Phi) is 6.95. The van der Waals surface area contributed by atoms with Crippen molar-refractivity contribution in [2.75, 3.05) is 36.9 Å². The fourth-order valence-electron chi connectivity index (χ4n) is 4.02. The van der Waals surface area contributed by atoms with Gasteiger partial charge < -0.3 is 14.5 Å². The van der Waals surface area contributed by atoms with E-state index in [1.807, 2.05) is 58.3 Å². The van der Waals surface area contributed by atoms with Gasteiger partial charge in [0.1, 0.15) is 5.75 Å². The highest BCUT2D eigenvalue weighted by molar-refractivity contribution is 7.99. The van der Waals surface area contributed by atoms with Crippen molar-refractivity contribution in [2.45, 2.75) is 30.6 Å². The highest BCUT2D eigenvalue weighted by atomic mass is 32.2. The molecule has 2 aromatic rings. The molecule has 2 heterocycles. The molecule has 0 radical (unpaired) electrons. The number of carbonyl (C=O) groups excluding carboxylic acids is 2. The number of carbonyl (C=O) groups is 2. The van der Waals surface area contributed by atoms with Gasteiger partial charge in [0.15, 0.2) is 0 Å². The molecule has 2 aliphatic heterocycles. The molecule has 0 aliphatic carbocycles.